The number of thiazole rings is 1. The quantitative estimate of drug-likeness (QED) is 0.881. The zero-order chi connectivity index (χ0) is 11.4. The number of rotatable bonds is 3. The maximum atomic E-state index is 5.63. The summed E-state index contributed by atoms with van der Waals surface area (Å²) in [7, 11) is 0. The number of anilines is 1. The molecule has 0 spiro atoms. The smallest absolute Gasteiger partial charge is 0.180 e. The predicted molar refractivity (Wildman–Crippen MR) is 69.7 cm³/mol. The second-order valence-electron chi connectivity index (χ2n) is 4.66. The van der Waals surface area contributed by atoms with E-state index >= 15 is 0 Å². The van der Waals surface area contributed by atoms with Gasteiger partial charge in [-0.3, -0.25) is 0 Å². The van der Waals surface area contributed by atoms with Gasteiger partial charge in [0.15, 0.2) is 5.13 Å². The molecular weight excluding hydrogens is 218 g/mol. The van der Waals surface area contributed by atoms with E-state index in [1.165, 1.54) is 32.2 Å². The van der Waals surface area contributed by atoms with E-state index in [1.807, 2.05) is 0 Å². The largest absolute Gasteiger partial charge is 0.375 e. The van der Waals surface area contributed by atoms with Gasteiger partial charge in [0.25, 0.3) is 0 Å². The van der Waals surface area contributed by atoms with E-state index in [0.717, 1.165) is 24.7 Å². The number of nitrogens with two attached hydrogens (primary N) is 1. The molecule has 0 aliphatic carbocycles. The van der Waals surface area contributed by atoms with Crippen molar-refractivity contribution in [3.8, 4) is 0 Å². The van der Waals surface area contributed by atoms with E-state index in [1.54, 1.807) is 11.3 Å². The summed E-state index contributed by atoms with van der Waals surface area (Å²) in [5.41, 5.74) is 6.79. The fourth-order valence-electron chi connectivity index (χ4n) is 2.36. The zero-order valence-corrected chi connectivity index (χ0v) is 10.8. The topological polar surface area (TPSA) is 42.1 Å². The SMILES string of the molecule is CC1CCCCCN1CCc1csc(N)n1. The van der Waals surface area contributed by atoms with Crippen molar-refractivity contribution in [3.63, 3.8) is 0 Å². The molecule has 3 nitrogen and oxygen atoms in total. The zero-order valence-electron chi connectivity index (χ0n) is 9.98. The third-order valence-electron chi connectivity index (χ3n) is 3.42. The van der Waals surface area contributed by atoms with Gasteiger partial charge in [0, 0.05) is 24.4 Å². The van der Waals surface area contributed by atoms with Gasteiger partial charge in [0.1, 0.15) is 0 Å². The van der Waals surface area contributed by atoms with Gasteiger partial charge in [-0.05, 0) is 26.3 Å². The predicted octanol–water partition coefficient (Wildman–Crippen LogP) is 2.53. The van der Waals surface area contributed by atoms with Gasteiger partial charge in [0.05, 0.1) is 5.69 Å². The summed E-state index contributed by atoms with van der Waals surface area (Å²) in [5, 5.41) is 2.77. The minimum absolute atomic E-state index is 0.693. The van der Waals surface area contributed by atoms with Crippen LogP contribution in [0.15, 0.2) is 5.38 Å². The van der Waals surface area contributed by atoms with E-state index in [4.69, 9.17) is 5.73 Å². The highest BCUT2D eigenvalue weighted by molar-refractivity contribution is 7.13. The molecule has 2 heterocycles. The molecule has 0 bridgehead atoms. The van der Waals surface area contributed by atoms with Gasteiger partial charge in [-0.1, -0.05) is 12.8 Å². The highest BCUT2D eigenvalue weighted by Gasteiger charge is 2.16. The molecule has 0 aromatic carbocycles. The van der Waals surface area contributed by atoms with E-state index in [2.05, 4.69) is 22.2 Å². The minimum Gasteiger partial charge on any atom is -0.375 e. The van der Waals surface area contributed by atoms with Crippen molar-refractivity contribution < 1.29 is 0 Å². The summed E-state index contributed by atoms with van der Waals surface area (Å²) in [6, 6.07) is 0.735. The molecule has 1 fully saturated rings. The Balaban J connectivity index is 1.83. The van der Waals surface area contributed by atoms with Crippen LogP contribution >= 0.6 is 11.3 Å². The van der Waals surface area contributed by atoms with Crippen molar-refractivity contribution in [2.24, 2.45) is 0 Å². The summed E-state index contributed by atoms with van der Waals surface area (Å²) in [5.74, 6) is 0. The van der Waals surface area contributed by atoms with Gasteiger partial charge in [-0.25, -0.2) is 4.98 Å². The van der Waals surface area contributed by atoms with Crippen molar-refractivity contribution in [2.45, 2.75) is 45.1 Å². The average molecular weight is 239 g/mol. The molecule has 0 amide bonds. The van der Waals surface area contributed by atoms with Crippen LogP contribution in [0.25, 0.3) is 0 Å². The summed E-state index contributed by atoms with van der Waals surface area (Å²) in [6.07, 6.45) is 6.52. The molecular formula is C12H21N3S. The van der Waals surface area contributed by atoms with E-state index in [9.17, 15) is 0 Å². The van der Waals surface area contributed by atoms with Crippen LogP contribution in [0.1, 0.15) is 38.3 Å². The van der Waals surface area contributed by atoms with Crippen molar-refractivity contribution >= 4 is 16.5 Å². The number of hydrogen-bond donors (Lipinski definition) is 1. The fourth-order valence-corrected chi connectivity index (χ4v) is 2.96. The normalized spacial score (nSPS) is 23.2. The molecule has 0 radical (unpaired) electrons. The standard InChI is InChI=1S/C12H21N3S/c1-10-5-3-2-4-7-15(10)8-6-11-9-16-12(13)14-11/h9-10H,2-8H2,1H3,(H2,13,14). The fraction of sp³-hybridized carbons (Fsp3) is 0.750. The summed E-state index contributed by atoms with van der Waals surface area (Å²) in [6.45, 7) is 4.73. The molecule has 1 aromatic rings. The van der Waals surface area contributed by atoms with Gasteiger partial charge >= 0.3 is 0 Å². The Morgan fingerprint density at radius 1 is 1.50 bits per heavy atom. The van der Waals surface area contributed by atoms with Gasteiger partial charge in [0.2, 0.25) is 0 Å². The van der Waals surface area contributed by atoms with Crippen molar-refractivity contribution in [1.82, 2.24) is 9.88 Å². The second kappa shape index (κ2) is 5.64. The van der Waals surface area contributed by atoms with E-state index in [-0.39, 0.29) is 0 Å². The Morgan fingerprint density at radius 3 is 3.12 bits per heavy atom. The van der Waals surface area contributed by atoms with Gasteiger partial charge in [-0.15, -0.1) is 11.3 Å². The summed E-state index contributed by atoms with van der Waals surface area (Å²) in [4.78, 5) is 6.91. The lowest BCUT2D eigenvalue weighted by molar-refractivity contribution is 0.216. The third kappa shape index (κ3) is 3.19. The number of aromatic nitrogens is 1. The van der Waals surface area contributed by atoms with Crippen molar-refractivity contribution in [1.29, 1.82) is 0 Å². The molecule has 1 saturated heterocycles. The molecule has 1 atom stereocenters. The minimum atomic E-state index is 0.693. The maximum Gasteiger partial charge on any atom is 0.180 e. The number of hydrogen-bond acceptors (Lipinski definition) is 4. The van der Waals surface area contributed by atoms with Crippen LogP contribution in [-0.4, -0.2) is 29.0 Å². The lowest BCUT2D eigenvalue weighted by atomic mass is 10.1. The van der Waals surface area contributed by atoms with Crippen LogP contribution in [0.2, 0.25) is 0 Å². The van der Waals surface area contributed by atoms with E-state index in [0.29, 0.717) is 5.13 Å². The molecule has 1 unspecified atom stereocenters. The number of nitrogen functional groups attached to an aromatic ring is 1. The molecule has 4 heteroatoms. The summed E-state index contributed by atoms with van der Waals surface area (Å²) >= 11 is 1.54. The van der Waals surface area contributed by atoms with Crippen LogP contribution in [0.5, 0.6) is 0 Å². The molecule has 16 heavy (non-hydrogen) atoms. The molecule has 2 rings (SSSR count). The molecule has 90 valence electrons. The van der Waals surface area contributed by atoms with Crippen LogP contribution in [0, 0.1) is 0 Å². The Kier molecular flexibility index (Phi) is 4.18. The van der Waals surface area contributed by atoms with Crippen LogP contribution in [0.3, 0.4) is 0 Å². The molecule has 1 aliphatic heterocycles. The molecule has 1 aromatic heterocycles. The van der Waals surface area contributed by atoms with Crippen LogP contribution < -0.4 is 5.73 Å². The van der Waals surface area contributed by atoms with Gasteiger partial charge in [-0.2, -0.15) is 0 Å². The molecule has 2 N–H and O–H groups in total. The Morgan fingerprint density at radius 2 is 2.38 bits per heavy atom. The third-order valence-corrected chi connectivity index (χ3v) is 4.14. The lowest BCUT2D eigenvalue weighted by Crippen LogP contribution is -2.34. The van der Waals surface area contributed by atoms with Crippen LogP contribution in [0.4, 0.5) is 5.13 Å². The monoisotopic (exact) mass is 239 g/mol. The molecule has 1 aliphatic rings. The lowest BCUT2D eigenvalue weighted by Gasteiger charge is -2.26. The highest BCUT2D eigenvalue weighted by Crippen LogP contribution is 2.17. The first-order valence-corrected chi connectivity index (χ1v) is 7.07. The number of nitrogens with zero attached hydrogens (tertiary/aromatic N) is 2. The first-order chi connectivity index (χ1) is 7.75. The van der Waals surface area contributed by atoms with Gasteiger partial charge < -0.3 is 10.6 Å². The Labute approximate surface area is 102 Å². The van der Waals surface area contributed by atoms with Crippen LogP contribution in [-0.2, 0) is 6.42 Å². The Hall–Kier alpha value is -0.610. The van der Waals surface area contributed by atoms with Crippen molar-refractivity contribution in [3.05, 3.63) is 11.1 Å². The molecule has 0 saturated carbocycles. The van der Waals surface area contributed by atoms with E-state index < -0.39 is 0 Å². The Bertz CT molecular complexity index is 324. The first kappa shape index (κ1) is 11.9. The number of likely N-dealkylation sites (tertiary alicyclic amines) is 1. The first-order valence-electron chi connectivity index (χ1n) is 6.19. The van der Waals surface area contributed by atoms with Crippen molar-refractivity contribution in [2.75, 3.05) is 18.8 Å². The maximum absolute atomic E-state index is 5.63. The average Bonchev–Trinajstić information content (AvgIpc) is 2.56. The summed E-state index contributed by atoms with van der Waals surface area (Å²) < 4.78 is 0. The second-order valence-corrected chi connectivity index (χ2v) is 5.55. The highest BCUT2D eigenvalue weighted by atomic mass is 32.1.